The molecule has 23 heavy (non-hydrogen) atoms. The number of hydrogen-bond acceptors (Lipinski definition) is 3. The first-order valence-electron chi connectivity index (χ1n) is 7.36. The standard InChI is InChI=1S/C17H14FN3O2/c18-12-6-5-11-10-21(7-8-23-15(11)9-12)17(22)16-13-3-1-2-4-14(13)19-20-16/h1-6,9H,7-8,10H2,(H,19,20). The third-order valence-corrected chi connectivity index (χ3v) is 3.97. The van der Waals surface area contributed by atoms with Crippen LogP contribution in [0.5, 0.6) is 5.75 Å². The van der Waals surface area contributed by atoms with E-state index in [2.05, 4.69) is 10.2 Å². The summed E-state index contributed by atoms with van der Waals surface area (Å²) in [6, 6.07) is 11.9. The summed E-state index contributed by atoms with van der Waals surface area (Å²) in [7, 11) is 0. The molecule has 0 spiro atoms. The summed E-state index contributed by atoms with van der Waals surface area (Å²) in [5.74, 6) is -0.0165. The van der Waals surface area contributed by atoms with E-state index in [1.165, 1.54) is 12.1 Å². The molecule has 1 aromatic heterocycles. The Hall–Kier alpha value is -2.89. The largest absolute Gasteiger partial charge is 0.491 e. The van der Waals surface area contributed by atoms with Gasteiger partial charge < -0.3 is 9.64 Å². The summed E-state index contributed by atoms with van der Waals surface area (Å²) >= 11 is 0. The van der Waals surface area contributed by atoms with Crippen molar-refractivity contribution in [1.29, 1.82) is 0 Å². The fraction of sp³-hybridized carbons (Fsp3) is 0.176. The zero-order valence-corrected chi connectivity index (χ0v) is 12.3. The molecule has 0 radical (unpaired) electrons. The summed E-state index contributed by atoms with van der Waals surface area (Å²) in [6.07, 6.45) is 0. The van der Waals surface area contributed by atoms with Crippen LogP contribution >= 0.6 is 0 Å². The lowest BCUT2D eigenvalue weighted by atomic mass is 10.1. The van der Waals surface area contributed by atoms with Crippen LogP contribution in [0.4, 0.5) is 4.39 Å². The smallest absolute Gasteiger partial charge is 0.275 e. The minimum absolute atomic E-state index is 0.164. The predicted octanol–water partition coefficient (Wildman–Crippen LogP) is 2.74. The Morgan fingerprint density at radius 1 is 1.26 bits per heavy atom. The second-order valence-corrected chi connectivity index (χ2v) is 5.45. The molecule has 116 valence electrons. The van der Waals surface area contributed by atoms with Crippen LogP contribution in [0.15, 0.2) is 42.5 Å². The number of nitrogens with zero attached hydrogens (tertiary/aromatic N) is 2. The highest BCUT2D eigenvalue weighted by Crippen LogP contribution is 2.25. The quantitative estimate of drug-likeness (QED) is 0.752. The van der Waals surface area contributed by atoms with E-state index in [0.717, 1.165) is 16.5 Å². The number of aromatic amines is 1. The van der Waals surface area contributed by atoms with Crippen molar-refractivity contribution < 1.29 is 13.9 Å². The maximum absolute atomic E-state index is 13.3. The van der Waals surface area contributed by atoms with Gasteiger partial charge in [0.05, 0.1) is 12.1 Å². The Balaban J connectivity index is 1.67. The van der Waals surface area contributed by atoms with Gasteiger partial charge in [0.25, 0.3) is 5.91 Å². The SMILES string of the molecule is O=C(c1n[nH]c2ccccc12)N1CCOc2cc(F)ccc2C1. The summed E-state index contributed by atoms with van der Waals surface area (Å²) in [5, 5.41) is 7.82. The molecule has 3 aromatic rings. The Morgan fingerprint density at radius 2 is 2.13 bits per heavy atom. The number of benzene rings is 2. The van der Waals surface area contributed by atoms with Gasteiger partial charge in [-0.3, -0.25) is 9.89 Å². The fourth-order valence-corrected chi connectivity index (χ4v) is 2.79. The number of nitrogens with one attached hydrogen (secondary N) is 1. The summed E-state index contributed by atoms with van der Waals surface area (Å²) in [4.78, 5) is 14.5. The molecule has 0 aliphatic carbocycles. The van der Waals surface area contributed by atoms with Crippen LogP contribution in [0.2, 0.25) is 0 Å². The van der Waals surface area contributed by atoms with Gasteiger partial charge in [-0.2, -0.15) is 5.10 Å². The van der Waals surface area contributed by atoms with Crippen molar-refractivity contribution in [2.45, 2.75) is 6.54 Å². The number of rotatable bonds is 1. The normalized spacial score (nSPS) is 14.2. The Kier molecular flexibility index (Phi) is 3.22. The van der Waals surface area contributed by atoms with E-state index in [1.54, 1.807) is 11.0 Å². The first kappa shape index (κ1) is 13.8. The van der Waals surface area contributed by atoms with Crippen LogP contribution in [0.25, 0.3) is 10.9 Å². The lowest BCUT2D eigenvalue weighted by Crippen LogP contribution is -2.32. The van der Waals surface area contributed by atoms with Gasteiger partial charge in [0.2, 0.25) is 0 Å². The van der Waals surface area contributed by atoms with Crippen LogP contribution in [-0.4, -0.2) is 34.2 Å². The zero-order valence-electron chi connectivity index (χ0n) is 12.3. The maximum atomic E-state index is 13.3. The fourth-order valence-electron chi connectivity index (χ4n) is 2.79. The van der Waals surface area contributed by atoms with Gasteiger partial charge in [-0.1, -0.05) is 24.3 Å². The van der Waals surface area contributed by atoms with Gasteiger partial charge in [0, 0.05) is 23.6 Å². The molecule has 0 atom stereocenters. The number of hydrogen-bond donors (Lipinski definition) is 1. The molecule has 2 aromatic carbocycles. The van der Waals surface area contributed by atoms with Crippen molar-refractivity contribution in [2.24, 2.45) is 0 Å². The van der Waals surface area contributed by atoms with Gasteiger partial charge in [0.15, 0.2) is 5.69 Å². The monoisotopic (exact) mass is 311 g/mol. The molecule has 1 aliphatic rings. The van der Waals surface area contributed by atoms with Crippen LogP contribution in [0.3, 0.4) is 0 Å². The number of aromatic nitrogens is 2. The number of para-hydroxylation sites is 1. The van der Waals surface area contributed by atoms with Gasteiger partial charge in [-0.15, -0.1) is 0 Å². The number of amides is 1. The van der Waals surface area contributed by atoms with Gasteiger partial charge in [-0.05, 0) is 12.1 Å². The first-order chi connectivity index (χ1) is 11.2. The number of ether oxygens (including phenoxy) is 1. The maximum Gasteiger partial charge on any atom is 0.275 e. The van der Waals surface area contributed by atoms with Crippen molar-refractivity contribution in [3.63, 3.8) is 0 Å². The minimum Gasteiger partial charge on any atom is -0.491 e. The second-order valence-electron chi connectivity index (χ2n) is 5.45. The third-order valence-electron chi connectivity index (χ3n) is 3.97. The zero-order chi connectivity index (χ0) is 15.8. The Bertz CT molecular complexity index is 890. The Labute approximate surface area is 131 Å². The lowest BCUT2D eigenvalue weighted by molar-refractivity contribution is 0.0729. The third kappa shape index (κ3) is 2.42. The highest BCUT2D eigenvalue weighted by molar-refractivity contribution is 6.04. The molecule has 0 bridgehead atoms. The summed E-state index contributed by atoms with van der Waals surface area (Å²) < 4.78 is 18.9. The van der Waals surface area contributed by atoms with E-state index in [9.17, 15) is 9.18 Å². The summed E-state index contributed by atoms with van der Waals surface area (Å²) in [5.41, 5.74) is 2.01. The molecule has 2 heterocycles. The molecule has 0 saturated carbocycles. The first-order valence-corrected chi connectivity index (χ1v) is 7.36. The molecule has 0 fully saturated rings. The lowest BCUT2D eigenvalue weighted by Gasteiger charge is -2.18. The van der Waals surface area contributed by atoms with Crippen molar-refractivity contribution in [3.8, 4) is 5.75 Å². The summed E-state index contributed by atoms with van der Waals surface area (Å²) in [6.45, 7) is 1.12. The van der Waals surface area contributed by atoms with Gasteiger partial charge in [0.1, 0.15) is 18.2 Å². The molecular weight excluding hydrogens is 297 g/mol. The number of carbonyl (C=O) groups is 1. The van der Waals surface area contributed by atoms with Crippen LogP contribution < -0.4 is 4.74 Å². The molecule has 6 heteroatoms. The molecule has 4 rings (SSSR count). The van der Waals surface area contributed by atoms with Crippen LogP contribution in [-0.2, 0) is 6.54 Å². The van der Waals surface area contributed by atoms with E-state index in [0.29, 0.717) is 31.1 Å². The van der Waals surface area contributed by atoms with E-state index in [-0.39, 0.29) is 11.7 Å². The van der Waals surface area contributed by atoms with Crippen LogP contribution in [0.1, 0.15) is 16.1 Å². The predicted molar refractivity (Wildman–Crippen MR) is 82.7 cm³/mol. The number of H-pyrrole nitrogens is 1. The highest BCUT2D eigenvalue weighted by Gasteiger charge is 2.24. The van der Waals surface area contributed by atoms with E-state index >= 15 is 0 Å². The number of fused-ring (bicyclic) bond motifs is 2. The van der Waals surface area contributed by atoms with Crippen molar-refractivity contribution >= 4 is 16.8 Å². The van der Waals surface area contributed by atoms with Crippen molar-refractivity contribution in [1.82, 2.24) is 15.1 Å². The molecule has 1 aliphatic heterocycles. The van der Waals surface area contributed by atoms with Gasteiger partial charge >= 0.3 is 0 Å². The van der Waals surface area contributed by atoms with Crippen molar-refractivity contribution in [2.75, 3.05) is 13.2 Å². The van der Waals surface area contributed by atoms with Gasteiger partial charge in [-0.25, -0.2) is 4.39 Å². The van der Waals surface area contributed by atoms with E-state index in [4.69, 9.17) is 4.74 Å². The molecule has 0 saturated heterocycles. The highest BCUT2D eigenvalue weighted by atomic mass is 19.1. The number of carbonyl (C=O) groups excluding carboxylic acids is 1. The molecule has 1 amide bonds. The van der Waals surface area contributed by atoms with Crippen molar-refractivity contribution in [3.05, 3.63) is 59.5 Å². The second kappa shape index (κ2) is 5.39. The van der Waals surface area contributed by atoms with E-state index < -0.39 is 0 Å². The molecule has 1 N–H and O–H groups in total. The van der Waals surface area contributed by atoms with E-state index in [1.807, 2.05) is 24.3 Å². The molecule has 5 nitrogen and oxygen atoms in total. The average molecular weight is 311 g/mol. The average Bonchev–Trinajstić information content (AvgIpc) is 2.88. The van der Waals surface area contributed by atoms with Crippen LogP contribution in [0, 0.1) is 5.82 Å². The molecular formula is C17H14FN3O2. The topological polar surface area (TPSA) is 58.2 Å². The minimum atomic E-state index is -0.346. The number of halogens is 1. The molecule has 0 unspecified atom stereocenters. The Morgan fingerprint density at radius 3 is 3.04 bits per heavy atom.